The molecule has 1 aromatic heterocycles. The molecule has 124 valence electrons. The summed E-state index contributed by atoms with van der Waals surface area (Å²) >= 11 is 3.30. The fourth-order valence-electron chi connectivity index (χ4n) is 2.24. The number of hydrogen-bond donors (Lipinski definition) is 2. The molecular formula is C16H15BrN4O2S. The third-order valence-corrected chi connectivity index (χ3v) is 5.37. The first kappa shape index (κ1) is 16.8. The maximum Gasteiger partial charge on any atom is 0.241 e. The van der Waals surface area contributed by atoms with E-state index < -0.39 is 16.1 Å². The van der Waals surface area contributed by atoms with Crippen LogP contribution in [0.5, 0.6) is 0 Å². The summed E-state index contributed by atoms with van der Waals surface area (Å²) in [6, 6.07) is 15.0. The maximum absolute atomic E-state index is 12.7. The summed E-state index contributed by atoms with van der Waals surface area (Å²) in [5, 5.41) is 6.86. The van der Waals surface area contributed by atoms with Crippen molar-refractivity contribution >= 4 is 26.0 Å². The average molecular weight is 407 g/mol. The van der Waals surface area contributed by atoms with Crippen LogP contribution in [0.15, 0.2) is 64.0 Å². The van der Waals surface area contributed by atoms with Crippen molar-refractivity contribution in [3.63, 3.8) is 0 Å². The van der Waals surface area contributed by atoms with Crippen LogP contribution < -0.4 is 4.72 Å². The molecule has 3 rings (SSSR count). The molecule has 1 unspecified atom stereocenters. The van der Waals surface area contributed by atoms with Gasteiger partial charge in [0, 0.05) is 4.47 Å². The molecule has 24 heavy (non-hydrogen) atoms. The molecule has 6 nitrogen and oxygen atoms in total. The monoisotopic (exact) mass is 406 g/mol. The number of aryl methyl sites for hydroxylation is 1. The van der Waals surface area contributed by atoms with Gasteiger partial charge >= 0.3 is 0 Å². The lowest BCUT2D eigenvalue weighted by Crippen LogP contribution is -2.30. The first-order chi connectivity index (χ1) is 11.5. The van der Waals surface area contributed by atoms with E-state index in [1.54, 1.807) is 19.1 Å². The van der Waals surface area contributed by atoms with Crippen molar-refractivity contribution in [2.24, 2.45) is 0 Å². The SMILES string of the molecule is Cc1nc(C(NS(=O)(=O)c2ccc(Br)cc2)c2ccccc2)n[nH]1. The Morgan fingerprint density at radius 3 is 2.33 bits per heavy atom. The molecule has 0 spiro atoms. The van der Waals surface area contributed by atoms with Crippen LogP contribution in [-0.2, 0) is 10.0 Å². The number of hydrogen-bond acceptors (Lipinski definition) is 4. The van der Waals surface area contributed by atoms with Crippen molar-refractivity contribution < 1.29 is 8.42 Å². The van der Waals surface area contributed by atoms with Gasteiger partial charge in [0.25, 0.3) is 0 Å². The summed E-state index contributed by atoms with van der Waals surface area (Å²) in [5.74, 6) is 0.994. The van der Waals surface area contributed by atoms with Gasteiger partial charge < -0.3 is 0 Å². The number of aromatic nitrogens is 3. The maximum atomic E-state index is 12.7. The summed E-state index contributed by atoms with van der Waals surface area (Å²) in [5.41, 5.74) is 0.761. The minimum absolute atomic E-state index is 0.180. The first-order valence-corrected chi connectivity index (χ1v) is 9.45. The predicted molar refractivity (Wildman–Crippen MR) is 93.9 cm³/mol. The number of rotatable bonds is 5. The van der Waals surface area contributed by atoms with E-state index in [9.17, 15) is 8.42 Å². The molecule has 0 aliphatic rings. The molecule has 0 amide bonds. The van der Waals surface area contributed by atoms with Crippen molar-refractivity contribution in [2.75, 3.05) is 0 Å². The fraction of sp³-hybridized carbons (Fsp3) is 0.125. The topological polar surface area (TPSA) is 87.7 Å². The summed E-state index contributed by atoms with van der Waals surface area (Å²) in [7, 11) is -3.73. The van der Waals surface area contributed by atoms with Crippen molar-refractivity contribution in [3.8, 4) is 0 Å². The summed E-state index contributed by atoms with van der Waals surface area (Å²) in [4.78, 5) is 4.46. The highest BCUT2D eigenvalue weighted by atomic mass is 79.9. The number of halogens is 1. The van der Waals surface area contributed by atoms with Gasteiger partial charge in [0.05, 0.1) is 4.90 Å². The lowest BCUT2D eigenvalue weighted by atomic mass is 10.1. The van der Waals surface area contributed by atoms with Crippen LogP contribution in [0.1, 0.15) is 23.3 Å². The number of benzene rings is 2. The molecule has 1 atom stereocenters. The molecule has 0 aliphatic carbocycles. The molecule has 0 fully saturated rings. The van der Waals surface area contributed by atoms with Crippen LogP contribution in [-0.4, -0.2) is 23.6 Å². The second-order valence-electron chi connectivity index (χ2n) is 5.20. The van der Waals surface area contributed by atoms with E-state index >= 15 is 0 Å². The van der Waals surface area contributed by atoms with E-state index in [-0.39, 0.29) is 4.90 Å². The molecule has 0 saturated carbocycles. The zero-order chi connectivity index (χ0) is 17.2. The quantitative estimate of drug-likeness (QED) is 0.681. The minimum Gasteiger partial charge on any atom is -0.263 e. The zero-order valence-electron chi connectivity index (χ0n) is 12.8. The van der Waals surface area contributed by atoms with Crippen LogP contribution in [0.25, 0.3) is 0 Å². The predicted octanol–water partition coefficient (Wildman–Crippen LogP) is 2.94. The minimum atomic E-state index is -3.73. The van der Waals surface area contributed by atoms with Gasteiger partial charge in [-0.1, -0.05) is 46.3 Å². The summed E-state index contributed by atoms with van der Waals surface area (Å²) < 4.78 is 28.9. The Bertz CT molecular complexity index is 924. The molecule has 0 saturated heterocycles. The molecular weight excluding hydrogens is 392 g/mol. The van der Waals surface area contributed by atoms with Crippen molar-refractivity contribution in [2.45, 2.75) is 17.9 Å². The van der Waals surface area contributed by atoms with Crippen LogP contribution in [0.2, 0.25) is 0 Å². The van der Waals surface area contributed by atoms with E-state index in [2.05, 4.69) is 35.8 Å². The molecule has 0 bridgehead atoms. The standard InChI is InChI=1S/C16H15BrN4O2S/c1-11-18-16(20-19-11)15(12-5-3-2-4-6-12)21-24(22,23)14-9-7-13(17)8-10-14/h2-10,15,21H,1H3,(H,18,19,20). The Kier molecular flexibility index (Phi) is 4.79. The van der Waals surface area contributed by atoms with Crippen molar-refractivity contribution in [1.29, 1.82) is 0 Å². The highest BCUT2D eigenvalue weighted by molar-refractivity contribution is 9.10. The van der Waals surface area contributed by atoms with Crippen LogP contribution in [0.3, 0.4) is 0 Å². The highest BCUT2D eigenvalue weighted by Gasteiger charge is 2.25. The van der Waals surface area contributed by atoms with Gasteiger partial charge in [0.1, 0.15) is 11.9 Å². The van der Waals surface area contributed by atoms with Crippen molar-refractivity contribution in [1.82, 2.24) is 19.9 Å². The van der Waals surface area contributed by atoms with E-state index in [0.717, 1.165) is 10.0 Å². The van der Waals surface area contributed by atoms with Gasteiger partial charge in [0.2, 0.25) is 10.0 Å². The Balaban J connectivity index is 1.99. The normalized spacial score (nSPS) is 12.9. The van der Waals surface area contributed by atoms with E-state index in [0.29, 0.717) is 11.6 Å². The second-order valence-corrected chi connectivity index (χ2v) is 7.83. The van der Waals surface area contributed by atoms with Gasteiger partial charge in [-0.05, 0) is 36.8 Å². The van der Waals surface area contributed by atoms with Gasteiger partial charge in [-0.15, -0.1) is 0 Å². The molecule has 2 aromatic carbocycles. The molecule has 2 N–H and O–H groups in total. The van der Waals surface area contributed by atoms with Gasteiger partial charge in [-0.2, -0.15) is 9.82 Å². The third kappa shape index (κ3) is 3.72. The second kappa shape index (κ2) is 6.84. The van der Waals surface area contributed by atoms with Crippen LogP contribution in [0, 0.1) is 6.92 Å². The molecule has 8 heteroatoms. The number of sulfonamides is 1. The van der Waals surface area contributed by atoms with Crippen LogP contribution in [0.4, 0.5) is 0 Å². The average Bonchev–Trinajstić information content (AvgIpc) is 3.00. The van der Waals surface area contributed by atoms with Crippen LogP contribution >= 0.6 is 15.9 Å². The number of nitrogens with one attached hydrogen (secondary N) is 2. The highest BCUT2D eigenvalue weighted by Crippen LogP contribution is 2.23. The number of nitrogens with zero attached hydrogens (tertiary/aromatic N) is 2. The Morgan fingerprint density at radius 2 is 1.75 bits per heavy atom. The largest absolute Gasteiger partial charge is 0.263 e. The molecule has 3 aromatic rings. The molecule has 0 radical (unpaired) electrons. The number of H-pyrrole nitrogens is 1. The van der Waals surface area contributed by atoms with E-state index in [1.807, 2.05) is 30.3 Å². The van der Waals surface area contributed by atoms with Gasteiger partial charge in [-0.3, -0.25) is 5.10 Å². The summed E-state index contributed by atoms with van der Waals surface area (Å²) in [6.45, 7) is 1.77. The molecule has 0 aliphatic heterocycles. The van der Waals surface area contributed by atoms with Crippen molar-refractivity contribution in [3.05, 3.63) is 76.3 Å². The fourth-order valence-corrected chi connectivity index (χ4v) is 3.69. The lowest BCUT2D eigenvalue weighted by Gasteiger charge is -2.16. The Morgan fingerprint density at radius 1 is 1.08 bits per heavy atom. The van der Waals surface area contributed by atoms with E-state index in [1.165, 1.54) is 12.1 Å². The third-order valence-electron chi connectivity index (χ3n) is 3.40. The van der Waals surface area contributed by atoms with Gasteiger partial charge in [0.15, 0.2) is 5.82 Å². The lowest BCUT2D eigenvalue weighted by molar-refractivity contribution is 0.567. The molecule has 1 heterocycles. The Labute approximate surface area is 148 Å². The first-order valence-electron chi connectivity index (χ1n) is 7.17. The van der Waals surface area contributed by atoms with Gasteiger partial charge in [-0.25, -0.2) is 13.4 Å². The number of aromatic amines is 1. The smallest absolute Gasteiger partial charge is 0.241 e. The van der Waals surface area contributed by atoms with E-state index in [4.69, 9.17) is 0 Å². The Hall–Kier alpha value is -2.03. The summed E-state index contributed by atoms with van der Waals surface area (Å²) in [6.07, 6.45) is 0. The zero-order valence-corrected chi connectivity index (χ0v) is 15.2.